The zero-order valence-electron chi connectivity index (χ0n) is 10.0. The Morgan fingerprint density at radius 1 is 1.59 bits per heavy atom. The average molecular weight is 236 g/mol. The van der Waals surface area contributed by atoms with Crippen LogP contribution in [-0.4, -0.2) is 49.2 Å². The van der Waals surface area contributed by atoms with E-state index in [2.05, 4.69) is 24.9 Å². The van der Waals surface area contributed by atoms with Gasteiger partial charge in [0.05, 0.1) is 19.5 Å². The van der Waals surface area contributed by atoms with E-state index in [4.69, 9.17) is 0 Å². The van der Waals surface area contributed by atoms with Crippen LogP contribution < -0.4 is 10.2 Å². The van der Waals surface area contributed by atoms with Crippen molar-refractivity contribution in [3.63, 3.8) is 0 Å². The lowest BCUT2D eigenvalue weighted by Gasteiger charge is -2.17. The number of aromatic nitrogens is 2. The minimum atomic E-state index is -0.455. The molecule has 0 aliphatic carbocycles. The number of carbonyl (C=O) groups excluding carboxylic acids is 1. The van der Waals surface area contributed by atoms with E-state index >= 15 is 0 Å². The van der Waals surface area contributed by atoms with Gasteiger partial charge in [0.15, 0.2) is 5.69 Å². The first-order valence-corrected chi connectivity index (χ1v) is 5.57. The highest BCUT2D eigenvalue weighted by molar-refractivity contribution is 5.87. The summed E-state index contributed by atoms with van der Waals surface area (Å²) in [6.45, 7) is 1.81. The maximum absolute atomic E-state index is 11.3. The van der Waals surface area contributed by atoms with Gasteiger partial charge in [-0.1, -0.05) is 0 Å². The largest absolute Gasteiger partial charge is 0.464 e. The molecule has 1 saturated heterocycles. The Bertz CT molecular complexity index is 410. The molecule has 1 unspecified atom stereocenters. The molecule has 0 amide bonds. The Balaban J connectivity index is 2.14. The van der Waals surface area contributed by atoms with Crippen molar-refractivity contribution in [2.24, 2.45) is 0 Å². The first-order chi connectivity index (χ1) is 8.24. The predicted molar refractivity (Wildman–Crippen MR) is 63.0 cm³/mol. The van der Waals surface area contributed by atoms with Crippen LogP contribution in [0.5, 0.6) is 0 Å². The van der Waals surface area contributed by atoms with Gasteiger partial charge in [-0.15, -0.1) is 0 Å². The first-order valence-electron chi connectivity index (χ1n) is 5.57. The summed E-state index contributed by atoms with van der Waals surface area (Å²) < 4.78 is 4.62. The minimum Gasteiger partial charge on any atom is -0.464 e. The summed E-state index contributed by atoms with van der Waals surface area (Å²) in [5, 5.41) is 3.23. The zero-order valence-corrected chi connectivity index (χ0v) is 10.0. The molecule has 2 rings (SSSR count). The summed E-state index contributed by atoms with van der Waals surface area (Å²) >= 11 is 0. The van der Waals surface area contributed by atoms with Crippen molar-refractivity contribution in [1.29, 1.82) is 0 Å². The predicted octanol–water partition coefficient (Wildman–Crippen LogP) is 0.0613. The van der Waals surface area contributed by atoms with Gasteiger partial charge in [0, 0.05) is 19.1 Å². The molecular weight excluding hydrogens is 220 g/mol. The van der Waals surface area contributed by atoms with E-state index in [0.29, 0.717) is 6.04 Å². The number of nitrogens with zero attached hydrogens (tertiary/aromatic N) is 3. The monoisotopic (exact) mass is 236 g/mol. The highest BCUT2D eigenvalue weighted by Crippen LogP contribution is 2.17. The van der Waals surface area contributed by atoms with Gasteiger partial charge in [-0.05, 0) is 13.5 Å². The van der Waals surface area contributed by atoms with Gasteiger partial charge < -0.3 is 15.0 Å². The van der Waals surface area contributed by atoms with Crippen molar-refractivity contribution in [3.8, 4) is 0 Å². The van der Waals surface area contributed by atoms with Gasteiger partial charge in [0.2, 0.25) is 0 Å². The number of hydrogen-bond donors (Lipinski definition) is 1. The van der Waals surface area contributed by atoms with Crippen LogP contribution in [0.15, 0.2) is 12.4 Å². The van der Waals surface area contributed by atoms with Gasteiger partial charge in [-0.2, -0.15) is 0 Å². The zero-order chi connectivity index (χ0) is 12.3. The third-order valence-electron chi connectivity index (χ3n) is 2.94. The van der Waals surface area contributed by atoms with Crippen molar-refractivity contribution in [2.45, 2.75) is 12.5 Å². The second-order valence-corrected chi connectivity index (χ2v) is 3.97. The van der Waals surface area contributed by atoms with E-state index in [1.807, 2.05) is 7.05 Å². The van der Waals surface area contributed by atoms with Crippen LogP contribution in [-0.2, 0) is 4.74 Å². The third-order valence-corrected chi connectivity index (χ3v) is 2.94. The van der Waals surface area contributed by atoms with Crippen LogP contribution in [0.25, 0.3) is 0 Å². The Morgan fingerprint density at radius 3 is 3.06 bits per heavy atom. The van der Waals surface area contributed by atoms with Gasteiger partial charge in [0.1, 0.15) is 5.82 Å². The molecule has 0 spiro atoms. The van der Waals surface area contributed by atoms with Crippen LogP contribution in [0.1, 0.15) is 16.9 Å². The topological polar surface area (TPSA) is 67.4 Å². The van der Waals surface area contributed by atoms with Gasteiger partial charge in [0.25, 0.3) is 0 Å². The molecule has 0 saturated carbocycles. The molecule has 0 aromatic carbocycles. The molecule has 6 heteroatoms. The Hall–Kier alpha value is -1.69. The van der Waals surface area contributed by atoms with Gasteiger partial charge in [-0.25, -0.2) is 9.78 Å². The van der Waals surface area contributed by atoms with Crippen LogP contribution in [0.3, 0.4) is 0 Å². The first kappa shape index (κ1) is 11.8. The molecule has 1 atom stereocenters. The summed E-state index contributed by atoms with van der Waals surface area (Å²) in [6.07, 6.45) is 4.16. The maximum atomic E-state index is 11.3. The number of hydrogen-bond acceptors (Lipinski definition) is 6. The SMILES string of the molecule is CNC1CCN(c2cncc(C(=O)OC)n2)C1. The quantitative estimate of drug-likeness (QED) is 0.749. The molecule has 0 radical (unpaired) electrons. The van der Waals surface area contributed by atoms with E-state index in [0.717, 1.165) is 25.3 Å². The van der Waals surface area contributed by atoms with Crippen molar-refractivity contribution < 1.29 is 9.53 Å². The molecule has 1 aliphatic rings. The van der Waals surface area contributed by atoms with Crippen LogP contribution in [0.2, 0.25) is 0 Å². The Kier molecular flexibility index (Phi) is 3.53. The van der Waals surface area contributed by atoms with Crippen molar-refractivity contribution in [2.75, 3.05) is 32.1 Å². The molecule has 1 aromatic heterocycles. The number of ether oxygens (including phenoxy) is 1. The summed E-state index contributed by atoms with van der Waals surface area (Å²) in [7, 11) is 3.29. The molecule has 17 heavy (non-hydrogen) atoms. The lowest BCUT2D eigenvalue weighted by Crippen LogP contribution is -2.30. The molecule has 92 valence electrons. The average Bonchev–Trinajstić information content (AvgIpc) is 2.86. The second kappa shape index (κ2) is 5.09. The molecule has 1 fully saturated rings. The molecule has 1 aromatic rings. The van der Waals surface area contributed by atoms with E-state index in [9.17, 15) is 4.79 Å². The highest BCUT2D eigenvalue weighted by atomic mass is 16.5. The van der Waals surface area contributed by atoms with E-state index in [1.165, 1.54) is 13.3 Å². The third kappa shape index (κ3) is 2.52. The number of carbonyl (C=O) groups is 1. The fourth-order valence-corrected chi connectivity index (χ4v) is 1.91. The molecule has 0 bridgehead atoms. The summed E-state index contributed by atoms with van der Waals surface area (Å²) in [5.74, 6) is 0.273. The van der Waals surface area contributed by atoms with Crippen LogP contribution >= 0.6 is 0 Å². The summed E-state index contributed by atoms with van der Waals surface area (Å²) in [6, 6.07) is 0.471. The number of anilines is 1. The number of likely N-dealkylation sites (N-methyl/N-ethyl adjacent to an activating group) is 1. The number of esters is 1. The van der Waals surface area contributed by atoms with Crippen molar-refractivity contribution >= 4 is 11.8 Å². The maximum Gasteiger partial charge on any atom is 0.358 e. The number of nitrogens with one attached hydrogen (secondary N) is 1. The number of methoxy groups -OCH3 is 1. The van der Waals surface area contributed by atoms with Crippen molar-refractivity contribution in [1.82, 2.24) is 15.3 Å². The fraction of sp³-hybridized carbons (Fsp3) is 0.545. The molecule has 6 nitrogen and oxygen atoms in total. The fourth-order valence-electron chi connectivity index (χ4n) is 1.91. The Morgan fingerprint density at radius 2 is 2.41 bits per heavy atom. The van der Waals surface area contributed by atoms with Crippen molar-refractivity contribution in [3.05, 3.63) is 18.1 Å². The molecule has 1 N–H and O–H groups in total. The number of rotatable bonds is 3. The Labute approximate surface area is 100 Å². The smallest absolute Gasteiger partial charge is 0.358 e. The van der Waals surface area contributed by atoms with Gasteiger partial charge in [-0.3, -0.25) is 4.98 Å². The standard InChI is InChI=1S/C11H16N4O2/c1-12-8-3-4-15(7-8)10-6-13-5-9(14-10)11(16)17-2/h5-6,8,12H,3-4,7H2,1-2H3. The molecule has 2 heterocycles. The van der Waals surface area contributed by atoms with E-state index < -0.39 is 5.97 Å². The van der Waals surface area contributed by atoms with E-state index in [-0.39, 0.29) is 5.69 Å². The van der Waals surface area contributed by atoms with E-state index in [1.54, 1.807) is 6.20 Å². The second-order valence-electron chi connectivity index (χ2n) is 3.97. The summed E-state index contributed by atoms with van der Waals surface area (Å²) in [5.41, 5.74) is 0.248. The van der Waals surface area contributed by atoms with Crippen LogP contribution in [0, 0.1) is 0 Å². The normalized spacial score (nSPS) is 19.4. The highest BCUT2D eigenvalue weighted by Gasteiger charge is 2.23. The lowest BCUT2D eigenvalue weighted by molar-refractivity contribution is 0.0593. The van der Waals surface area contributed by atoms with Crippen LogP contribution in [0.4, 0.5) is 5.82 Å². The minimum absolute atomic E-state index is 0.248. The lowest BCUT2D eigenvalue weighted by atomic mass is 10.3. The summed E-state index contributed by atoms with van der Waals surface area (Å²) in [4.78, 5) is 21.7. The molecular formula is C11H16N4O2. The van der Waals surface area contributed by atoms with Gasteiger partial charge >= 0.3 is 5.97 Å². The molecule has 1 aliphatic heterocycles.